The number of rotatable bonds is 4. The Morgan fingerprint density at radius 3 is 2.38 bits per heavy atom. The highest BCUT2D eigenvalue weighted by Crippen LogP contribution is 2.38. The second kappa shape index (κ2) is 6.21. The summed E-state index contributed by atoms with van der Waals surface area (Å²) in [5, 5.41) is 0.208. The van der Waals surface area contributed by atoms with Crippen molar-refractivity contribution in [3.63, 3.8) is 0 Å². The van der Waals surface area contributed by atoms with E-state index in [-0.39, 0.29) is 23.5 Å². The van der Waals surface area contributed by atoms with Gasteiger partial charge in [-0.3, -0.25) is 0 Å². The molecule has 1 aliphatic heterocycles. The molecule has 21 heavy (non-hydrogen) atoms. The van der Waals surface area contributed by atoms with E-state index in [9.17, 15) is 0 Å². The molecule has 0 aromatic heterocycles. The molecule has 0 N–H and O–H groups in total. The third-order valence-corrected chi connectivity index (χ3v) is 9.17. The van der Waals surface area contributed by atoms with E-state index in [0.717, 1.165) is 5.56 Å². The van der Waals surface area contributed by atoms with Crippen LogP contribution in [-0.2, 0) is 13.9 Å². The maximum absolute atomic E-state index is 6.40. The lowest BCUT2D eigenvalue weighted by Gasteiger charge is -2.39. The first-order valence-electron chi connectivity index (χ1n) is 7.70. The third-order valence-electron chi connectivity index (χ3n) is 4.59. The van der Waals surface area contributed by atoms with Gasteiger partial charge in [0.15, 0.2) is 14.6 Å². The molecule has 3 nitrogen and oxygen atoms in total. The van der Waals surface area contributed by atoms with Crippen molar-refractivity contribution >= 4 is 8.32 Å². The Labute approximate surface area is 129 Å². The van der Waals surface area contributed by atoms with Crippen molar-refractivity contribution in [2.75, 3.05) is 6.61 Å². The molecule has 1 fully saturated rings. The minimum Gasteiger partial charge on any atom is -0.411 e. The smallest absolute Gasteiger partial charge is 0.192 e. The van der Waals surface area contributed by atoms with Crippen LogP contribution in [-0.4, -0.2) is 27.1 Å². The molecule has 0 amide bonds. The molecule has 0 bridgehead atoms. The number of ether oxygens (including phenoxy) is 2. The van der Waals surface area contributed by atoms with Gasteiger partial charge >= 0.3 is 0 Å². The predicted molar refractivity (Wildman–Crippen MR) is 87.8 cm³/mol. The highest BCUT2D eigenvalue weighted by molar-refractivity contribution is 6.74. The Hall–Kier alpha value is -0.683. The van der Waals surface area contributed by atoms with Gasteiger partial charge in [-0.2, -0.15) is 0 Å². The van der Waals surface area contributed by atoms with E-state index in [0.29, 0.717) is 6.61 Å². The van der Waals surface area contributed by atoms with Gasteiger partial charge < -0.3 is 13.9 Å². The zero-order valence-electron chi connectivity index (χ0n) is 14.1. The topological polar surface area (TPSA) is 27.7 Å². The number of hydrogen-bond acceptors (Lipinski definition) is 3. The second-order valence-corrected chi connectivity index (χ2v) is 12.1. The fourth-order valence-corrected chi connectivity index (χ4v) is 3.60. The van der Waals surface area contributed by atoms with Crippen LogP contribution in [0, 0.1) is 0 Å². The van der Waals surface area contributed by atoms with Gasteiger partial charge in [0.25, 0.3) is 0 Å². The summed E-state index contributed by atoms with van der Waals surface area (Å²) in [7, 11) is -1.77. The zero-order valence-corrected chi connectivity index (χ0v) is 15.1. The molecule has 1 aromatic carbocycles. The Balaban J connectivity index is 1.95. The van der Waals surface area contributed by atoms with Gasteiger partial charge in [-0.1, -0.05) is 51.1 Å². The van der Waals surface area contributed by atoms with Crippen LogP contribution >= 0.6 is 0 Å². The summed E-state index contributed by atoms with van der Waals surface area (Å²) in [6, 6.07) is 10.1. The van der Waals surface area contributed by atoms with Crippen LogP contribution in [0.15, 0.2) is 30.3 Å². The first-order valence-corrected chi connectivity index (χ1v) is 10.6. The van der Waals surface area contributed by atoms with Gasteiger partial charge in [0, 0.05) is 5.56 Å². The van der Waals surface area contributed by atoms with E-state index < -0.39 is 8.32 Å². The number of benzene rings is 1. The highest BCUT2D eigenvalue weighted by Gasteiger charge is 2.41. The summed E-state index contributed by atoms with van der Waals surface area (Å²) < 4.78 is 18.2. The summed E-state index contributed by atoms with van der Waals surface area (Å²) >= 11 is 0. The van der Waals surface area contributed by atoms with Crippen LogP contribution < -0.4 is 0 Å². The molecule has 1 aliphatic rings. The van der Waals surface area contributed by atoms with Gasteiger partial charge in [0.2, 0.25) is 0 Å². The Morgan fingerprint density at radius 2 is 1.81 bits per heavy atom. The van der Waals surface area contributed by atoms with Gasteiger partial charge in [0.1, 0.15) is 6.10 Å². The molecule has 2 rings (SSSR count). The van der Waals surface area contributed by atoms with Crippen LogP contribution in [0.2, 0.25) is 18.1 Å². The summed E-state index contributed by atoms with van der Waals surface area (Å²) in [6.07, 6.45) is -0.203. The molecule has 3 atom stereocenters. The van der Waals surface area contributed by atoms with Crippen molar-refractivity contribution in [2.45, 2.75) is 64.3 Å². The fourth-order valence-electron chi connectivity index (χ4n) is 2.17. The lowest BCUT2D eigenvalue weighted by Crippen LogP contribution is -2.46. The van der Waals surface area contributed by atoms with Crippen molar-refractivity contribution < 1.29 is 13.9 Å². The molecular formula is C17H28O3Si. The van der Waals surface area contributed by atoms with E-state index >= 15 is 0 Å². The average molecular weight is 308 g/mol. The van der Waals surface area contributed by atoms with Crippen molar-refractivity contribution in [1.82, 2.24) is 0 Å². The van der Waals surface area contributed by atoms with Crippen LogP contribution in [0.3, 0.4) is 0 Å². The summed E-state index contributed by atoms with van der Waals surface area (Å²) in [4.78, 5) is 0. The van der Waals surface area contributed by atoms with Crippen molar-refractivity contribution in [2.24, 2.45) is 0 Å². The second-order valence-electron chi connectivity index (χ2n) is 7.33. The Bertz CT molecular complexity index is 453. The van der Waals surface area contributed by atoms with Crippen molar-refractivity contribution in [3.05, 3.63) is 35.9 Å². The molecule has 0 radical (unpaired) electrons. The molecule has 1 saturated heterocycles. The third kappa shape index (κ3) is 3.95. The molecule has 0 spiro atoms. The van der Waals surface area contributed by atoms with Crippen LogP contribution in [0.25, 0.3) is 0 Å². The summed E-state index contributed by atoms with van der Waals surface area (Å²) in [6.45, 7) is 14.0. The molecule has 1 heterocycles. The van der Waals surface area contributed by atoms with E-state index in [1.807, 2.05) is 30.3 Å². The molecule has 0 saturated carbocycles. The average Bonchev–Trinajstić information content (AvgIpc) is 2.87. The number of hydrogen-bond donors (Lipinski definition) is 0. The minimum absolute atomic E-state index is 0.00401. The quantitative estimate of drug-likeness (QED) is 0.766. The molecule has 1 aromatic rings. The first-order chi connectivity index (χ1) is 9.71. The SMILES string of the molecule is C[C@H](O[Si](C)(C)C(C)(C)C)[C@H]1COC(c2ccccc2)O1. The van der Waals surface area contributed by atoms with Gasteiger partial charge in [-0.15, -0.1) is 0 Å². The maximum Gasteiger partial charge on any atom is 0.192 e. The van der Waals surface area contributed by atoms with E-state index in [1.165, 1.54) is 0 Å². The predicted octanol–water partition coefficient (Wildman–Crippen LogP) is 4.51. The molecule has 0 aliphatic carbocycles. The van der Waals surface area contributed by atoms with Gasteiger partial charge in [-0.25, -0.2) is 0 Å². The monoisotopic (exact) mass is 308 g/mol. The standard InChI is InChI=1S/C17H28O3Si/c1-13(20-21(5,6)17(2,3)4)15-12-18-16(19-15)14-10-8-7-9-11-14/h7-11,13,15-16H,12H2,1-6H3/t13-,15+,16?/m0/s1. The summed E-state index contributed by atoms with van der Waals surface area (Å²) in [5.41, 5.74) is 1.07. The van der Waals surface area contributed by atoms with Crippen LogP contribution in [0.1, 0.15) is 39.5 Å². The van der Waals surface area contributed by atoms with E-state index in [4.69, 9.17) is 13.9 Å². The molecule has 4 heteroatoms. The van der Waals surface area contributed by atoms with Crippen molar-refractivity contribution in [3.8, 4) is 0 Å². The van der Waals surface area contributed by atoms with Crippen molar-refractivity contribution in [1.29, 1.82) is 0 Å². The Kier molecular flexibility index (Phi) is 4.93. The largest absolute Gasteiger partial charge is 0.411 e. The summed E-state index contributed by atoms with van der Waals surface area (Å²) in [5.74, 6) is 0. The highest BCUT2D eigenvalue weighted by atomic mass is 28.4. The lowest BCUT2D eigenvalue weighted by molar-refractivity contribution is -0.0781. The lowest BCUT2D eigenvalue weighted by atomic mass is 10.2. The van der Waals surface area contributed by atoms with Crippen LogP contribution in [0.4, 0.5) is 0 Å². The molecule has 1 unspecified atom stereocenters. The maximum atomic E-state index is 6.40. The van der Waals surface area contributed by atoms with Gasteiger partial charge in [-0.05, 0) is 25.1 Å². The van der Waals surface area contributed by atoms with E-state index in [2.05, 4.69) is 40.8 Å². The zero-order chi connectivity index (χ0) is 15.7. The fraction of sp³-hybridized carbons (Fsp3) is 0.647. The van der Waals surface area contributed by atoms with Crippen LogP contribution in [0.5, 0.6) is 0 Å². The van der Waals surface area contributed by atoms with E-state index in [1.54, 1.807) is 0 Å². The normalized spacial score (nSPS) is 25.0. The molecule has 118 valence electrons. The van der Waals surface area contributed by atoms with Gasteiger partial charge in [0.05, 0.1) is 12.7 Å². The minimum atomic E-state index is -1.77. The Morgan fingerprint density at radius 1 is 1.19 bits per heavy atom. The molecular weight excluding hydrogens is 280 g/mol. The first kappa shape index (κ1) is 16.7.